The molecule has 2 aromatic carbocycles. The van der Waals surface area contributed by atoms with E-state index in [1.807, 2.05) is 6.07 Å². The number of aryl methyl sites for hydroxylation is 1. The molecule has 0 fully saturated rings. The Morgan fingerprint density at radius 1 is 1.16 bits per heavy atom. The number of halogens is 1. The van der Waals surface area contributed by atoms with Crippen molar-refractivity contribution in [2.24, 2.45) is 0 Å². The number of methoxy groups -OCH3 is 1. The van der Waals surface area contributed by atoms with Crippen molar-refractivity contribution in [2.75, 3.05) is 20.3 Å². The van der Waals surface area contributed by atoms with Crippen LogP contribution >= 0.6 is 0 Å². The first-order chi connectivity index (χ1) is 12.1. The summed E-state index contributed by atoms with van der Waals surface area (Å²) in [6, 6.07) is 12.4. The van der Waals surface area contributed by atoms with E-state index in [-0.39, 0.29) is 12.4 Å². The highest BCUT2D eigenvalue weighted by Crippen LogP contribution is 2.25. The van der Waals surface area contributed by atoms with Gasteiger partial charge in [-0.2, -0.15) is 0 Å². The van der Waals surface area contributed by atoms with Crippen molar-refractivity contribution in [1.29, 1.82) is 0 Å². The van der Waals surface area contributed by atoms with E-state index in [9.17, 15) is 9.50 Å². The van der Waals surface area contributed by atoms with E-state index >= 15 is 0 Å². The van der Waals surface area contributed by atoms with Gasteiger partial charge in [0.15, 0.2) is 0 Å². The lowest BCUT2D eigenvalue weighted by Crippen LogP contribution is -2.40. The van der Waals surface area contributed by atoms with Gasteiger partial charge < -0.3 is 19.9 Å². The van der Waals surface area contributed by atoms with Gasteiger partial charge in [-0.15, -0.1) is 0 Å². The summed E-state index contributed by atoms with van der Waals surface area (Å²) in [4.78, 5) is 0. The lowest BCUT2D eigenvalue weighted by molar-refractivity contribution is 0.103. The molecule has 25 heavy (non-hydrogen) atoms. The second-order valence-corrected chi connectivity index (χ2v) is 6.40. The molecule has 0 aliphatic heterocycles. The van der Waals surface area contributed by atoms with Gasteiger partial charge in [0.05, 0.1) is 7.11 Å². The minimum Gasteiger partial charge on any atom is -0.497 e. The highest BCUT2D eigenvalue weighted by Gasteiger charge is 2.19. The number of hydrogen-bond acceptors (Lipinski definition) is 4. The van der Waals surface area contributed by atoms with Crippen LogP contribution in [-0.2, 0) is 12.8 Å². The highest BCUT2D eigenvalue weighted by molar-refractivity contribution is 5.37. The van der Waals surface area contributed by atoms with Crippen molar-refractivity contribution in [2.45, 2.75) is 31.4 Å². The average Bonchev–Trinajstić information content (AvgIpc) is 2.65. The lowest BCUT2D eigenvalue weighted by Gasteiger charge is -2.27. The van der Waals surface area contributed by atoms with Crippen LogP contribution in [-0.4, -0.2) is 37.5 Å². The van der Waals surface area contributed by atoms with Crippen LogP contribution in [0.15, 0.2) is 42.5 Å². The van der Waals surface area contributed by atoms with Crippen molar-refractivity contribution >= 4 is 0 Å². The molecule has 134 valence electrons. The third kappa shape index (κ3) is 4.94. The van der Waals surface area contributed by atoms with Crippen molar-refractivity contribution in [3.8, 4) is 11.5 Å². The molecule has 2 atom stereocenters. The van der Waals surface area contributed by atoms with Gasteiger partial charge in [-0.3, -0.25) is 0 Å². The van der Waals surface area contributed by atoms with E-state index < -0.39 is 6.10 Å². The topological polar surface area (TPSA) is 50.7 Å². The Hall–Kier alpha value is -2.11. The highest BCUT2D eigenvalue weighted by atomic mass is 19.1. The molecule has 0 heterocycles. The predicted octanol–water partition coefficient (Wildman–Crippen LogP) is 2.72. The maximum atomic E-state index is 12.8. The zero-order valence-electron chi connectivity index (χ0n) is 14.4. The standard InChI is InChI=1S/C20H24FNO3/c1-24-20-7-3-14-2-6-17(10-15(14)11-20)22-12-18(23)13-25-19-8-4-16(21)5-9-19/h3-5,7-9,11,17-18,22-23H,2,6,10,12-13H2,1H3. The predicted molar refractivity (Wildman–Crippen MR) is 94.7 cm³/mol. The van der Waals surface area contributed by atoms with E-state index in [2.05, 4.69) is 17.4 Å². The van der Waals surface area contributed by atoms with Crippen LogP contribution in [0.5, 0.6) is 11.5 Å². The Balaban J connectivity index is 1.44. The molecule has 0 aromatic heterocycles. The zero-order valence-corrected chi connectivity index (χ0v) is 14.4. The minimum absolute atomic E-state index is 0.176. The van der Waals surface area contributed by atoms with Gasteiger partial charge in [0.25, 0.3) is 0 Å². The first-order valence-electron chi connectivity index (χ1n) is 8.59. The molecule has 0 bridgehead atoms. The van der Waals surface area contributed by atoms with E-state index in [0.29, 0.717) is 18.3 Å². The number of rotatable bonds is 7. The molecule has 2 unspecified atom stereocenters. The molecule has 2 N–H and O–H groups in total. The first-order valence-corrected chi connectivity index (χ1v) is 8.59. The number of nitrogens with one attached hydrogen (secondary N) is 1. The van der Waals surface area contributed by atoms with E-state index in [4.69, 9.17) is 9.47 Å². The molecule has 0 amide bonds. The minimum atomic E-state index is -0.614. The van der Waals surface area contributed by atoms with Crippen LogP contribution in [0, 0.1) is 5.82 Å². The Bertz CT molecular complexity index is 690. The Kier molecular flexibility index (Phi) is 5.89. The average molecular weight is 345 g/mol. The molecule has 5 heteroatoms. The third-order valence-electron chi connectivity index (χ3n) is 4.54. The summed E-state index contributed by atoms with van der Waals surface area (Å²) in [6.45, 7) is 0.640. The quantitative estimate of drug-likeness (QED) is 0.810. The van der Waals surface area contributed by atoms with Gasteiger partial charge in [-0.05, 0) is 66.8 Å². The monoisotopic (exact) mass is 345 g/mol. The number of aliphatic hydroxyl groups excluding tert-OH is 1. The van der Waals surface area contributed by atoms with Crippen molar-refractivity contribution in [3.05, 3.63) is 59.4 Å². The van der Waals surface area contributed by atoms with Crippen LogP contribution in [0.4, 0.5) is 4.39 Å². The molecule has 0 saturated heterocycles. The first kappa shape index (κ1) is 17.7. The molecule has 0 radical (unpaired) electrons. The Morgan fingerprint density at radius 2 is 1.92 bits per heavy atom. The summed E-state index contributed by atoms with van der Waals surface area (Å²) >= 11 is 0. The summed E-state index contributed by atoms with van der Waals surface area (Å²) in [5, 5.41) is 13.5. The fraction of sp³-hybridized carbons (Fsp3) is 0.400. The number of benzene rings is 2. The summed E-state index contributed by atoms with van der Waals surface area (Å²) in [5.41, 5.74) is 2.68. The molecule has 3 rings (SSSR count). The molecular formula is C20H24FNO3. The number of fused-ring (bicyclic) bond motifs is 1. The van der Waals surface area contributed by atoms with Crippen LogP contribution in [0.2, 0.25) is 0 Å². The molecule has 1 aliphatic rings. The number of aliphatic hydroxyl groups is 1. The second-order valence-electron chi connectivity index (χ2n) is 6.40. The molecule has 0 saturated carbocycles. The van der Waals surface area contributed by atoms with E-state index in [0.717, 1.165) is 25.0 Å². The summed E-state index contributed by atoms with van der Waals surface area (Å²) < 4.78 is 23.6. The normalized spacial score (nSPS) is 17.6. The van der Waals surface area contributed by atoms with E-state index in [1.54, 1.807) is 19.2 Å². The number of hydrogen-bond donors (Lipinski definition) is 2. The van der Waals surface area contributed by atoms with Gasteiger partial charge in [0.2, 0.25) is 0 Å². The zero-order chi connectivity index (χ0) is 17.6. The van der Waals surface area contributed by atoms with Crippen LogP contribution in [0.3, 0.4) is 0 Å². The van der Waals surface area contributed by atoms with Gasteiger partial charge in [0, 0.05) is 12.6 Å². The maximum absolute atomic E-state index is 12.8. The summed E-state index contributed by atoms with van der Waals surface area (Å²) in [5.74, 6) is 1.13. The van der Waals surface area contributed by atoms with Crippen LogP contribution in [0.25, 0.3) is 0 Å². The van der Waals surface area contributed by atoms with Gasteiger partial charge in [0.1, 0.15) is 30.0 Å². The molecule has 4 nitrogen and oxygen atoms in total. The van der Waals surface area contributed by atoms with Crippen LogP contribution in [0.1, 0.15) is 17.5 Å². The SMILES string of the molecule is COc1ccc2c(c1)CC(NCC(O)COc1ccc(F)cc1)CC2. The number of ether oxygens (including phenoxy) is 2. The molecule has 2 aromatic rings. The summed E-state index contributed by atoms with van der Waals surface area (Å²) in [7, 11) is 1.68. The van der Waals surface area contributed by atoms with Gasteiger partial charge >= 0.3 is 0 Å². The lowest BCUT2D eigenvalue weighted by atomic mass is 9.88. The van der Waals surface area contributed by atoms with Crippen molar-refractivity contribution in [1.82, 2.24) is 5.32 Å². The molecular weight excluding hydrogens is 321 g/mol. The van der Waals surface area contributed by atoms with E-state index in [1.165, 1.54) is 23.3 Å². The molecule has 1 aliphatic carbocycles. The van der Waals surface area contributed by atoms with Gasteiger partial charge in [-0.1, -0.05) is 6.07 Å². The maximum Gasteiger partial charge on any atom is 0.123 e. The second kappa shape index (κ2) is 8.32. The molecule has 0 spiro atoms. The van der Waals surface area contributed by atoms with Gasteiger partial charge in [-0.25, -0.2) is 4.39 Å². The van der Waals surface area contributed by atoms with Crippen molar-refractivity contribution < 1.29 is 19.0 Å². The fourth-order valence-corrected chi connectivity index (χ4v) is 3.12. The largest absolute Gasteiger partial charge is 0.497 e. The smallest absolute Gasteiger partial charge is 0.123 e. The Labute approximate surface area is 147 Å². The van der Waals surface area contributed by atoms with Crippen LogP contribution < -0.4 is 14.8 Å². The fourth-order valence-electron chi connectivity index (χ4n) is 3.12. The third-order valence-corrected chi connectivity index (χ3v) is 4.54. The van der Waals surface area contributed by atoms with Crippen molar-refractivity contribution in [3.63, 3.8) is 0 Å². The Morgan fingerprint density at radius 3 is 2.68 bits per heavy atom. The summed E-state index contributed by atoms with van der Waals surface area (Å²) in [6.07, 6.45) is 2.39.